The van der Waals surface area contributed by atoms with Crippen LogP contribution < -0.4 is 0 Å². The maximum atomic E-state index is 10.7. The number of para-hydroxylation sites is 1. The van der Waals surface area contributed by atoms with Crippen LogP contribution in [0.4, 0.5) is 0 Å². The molecule has 0 aliphatic rings. The van der Waals surface area contributed by atoms with Gasteiger partial charge in [-0.15, -0.1) is 0 Å². The molecule has 0 spiro atoms. The van der Waals surface area contributed by atoms with Crippen molar-refractivity contribution >= 4 is 10.9 Å². The zero-order valence-corrected chi connectivity index (χ0v) is 13.1. The number of fused-ring (bicyclic) bond motifs is 1. The molecule has 3 aromatic rings. The van der Waals surface area contributed by atoms with Crippen LogP contribution in [0, 0.1) is 6.92 Å². The van der Waals surface area contributed by atoms with E-state index in [9.17, 15) is 5.11 Å². The molecule has 1 aromatic carbocycles. The Bertz CT molecular complexity index is 773. The Morgan fingerprint density at radius 3 is 2.77 bits per heavy atom. The maximum Gasteiger partial charge on any atom is 0.142 e. The van der Waals surface area contributed by atoms with Crippen LogP contribution in [0.25, 0.3) is 22.2 Å². The number of rotatable bonds is 5. The van der Waals surface area contributed by atoms with E-state index < -0.39 is 6.10 Å². The van der Waals surface area contributed by atoms with Gasteiger partial charge < -0.3 is 19.5 Å². The minimum Gasteiger partial charge on any atom is -0.388 e. The molecular formula is C17H21N3O2. The van der Waals surface area contributed by atoms with Gasteiger partial charge in [-0.2, -0.15) is 0 Å². The van der Waals surface area contributed by atoms with Crippen LogP contribution in [0.1, 0.15) is 23.8 Å². The average molecular weight is 299 g/mol. The minimum absolute atomic E-state index is 0.539. The minimum atomic E-state index is -0.539. The van der Waals surface area contributed by atoms with Crippen molar-refractivity contribution in [2.45, 2.75) is 19.4 Å². The predicted octanol–water partition coefficient (Wildman–Crippen LogP) is 3.12. The summed E-state index contributed by atoms with van der Waals surface area (Å²) in [7, 11) is 4.01. The predicted molar refractivity (Wildman–Crippen MR) is 86.7 cm³/mol. The summed E-state index contributed by atoms with van der Waals surface area (Å²) in [6.07, 6.45) is 1.83. The Balaban J connectivity index is 2.11. The topological polar surface area (TPSA) is 65.3 Å². The molecule has 5 nitrogen and oxygen atoms in total. The van der Waals surface area contributed by atoms with Gasteiger partial charge in [0, 0.05) is 23.0 Å². The van der Waals surface area contributed by atoms with Gasteiger partial charge in [0.25, 0.3) is 0 Å². The molecule has 0 saturated carbocycles. The van der Waals surface area contributed by atoms with Crippen molar-refractivity contribution in [1.29, 1.82) is 0 Å². The van der Waals surface area contributed by atoms with Crippen molar-refractivity contribution in [3.05, 3.63) is 41.8 Å². The van der Waals surface area contributed by atoms with Crippen molar-refractivity contribution in [2.24, 2.45) is 0 Å². The zero-order valence-electron chi connectivity index (χ0n) is 13.1. The van der Waals surface area contributed by atoms with Gasteiger partial charge in [-0.25, -0.2) is 0 Å². The number of aliphatic hydroxyl groups is 1. The van der Waals surface area contributed by atoms with E-state index in [1.807, 2.05) is 45.3 Å². The molecule has 0 amide bonds. The lowest BCUT2D eigenvalue weighted by Gasteiger charge is -2.15. The van der Waals surface area contributed by atoms with E-state index >= 15 is 0 Å². The molecular weight excluding hydrogens is 278 g/mol. The third-order valence-electron chi connectivity index (χ3n) is 3.95. The molecule has 0 fully saturated rings. The molecule has 2 N–H and O–H groups in total. The number of aromatic nitrogens is 2. The lowest BCUT2D eigenvalue weighted by atomic mass is 9.99. The van der Waals surface area contributed by atoms with Crippen LogP contribution in [0.2, 0.25) is 0 Å². The van der Waals surface area contributed by atoms with Gasteiger partial charge in [0.05, 0.1) is 23.6 Å². The SMILES string of the molecule is Cc1oncc1-c1[nH]c2ccccc2c1C(O)CCN(C)C. The fraction of sp³-hybridized carbons (Fsp3) is 0.353. The summed E-state index contributed by atoms with van der Waals surface area (Å²) in [6.45, 7) is 2.70. The van der Waals surface area contributed by atoms with Crippen molar-refractivity contribution in [1.82, 2.24) is 15.0 Å². The van der Waals surface area contributed by atoms with Gasteiger partial charge in [0.2, 0.25) is 0 Å². The van der Waals surface area contributed by atoms with Gasteiger partial charge in [0.15, 0.2) is 0 Å². The Morgan fingerprint density at radius 2 is 2.09 bits per heavy atom. The first-order valence-corrected chi connectivity index (χ1v) is 7.43. The largest absolute Gasteiger partial charge is 0.388 e. The third-order valence-corrected chi connectivity index (χ3v) is 3.95. The van der Waals surface area contributed by atoms with Crippen LogP contribution in [0.15, 0.2) is 35.0 Å². The van der Waals surface area contributed by atoms with Crippen LogP contribution in [-0.4, -0.2) is 40.8 Å². The first kappa shape index (κ1) is 14.8. The molecule has 22 heavy (non-hydrogen) atoms. The van der Waals surface area contributed by atoms with Gasteiger partial charge in [-0.05, 0) is 33.5 Å². The lowest BCUT2D eigenvalue weighted by molar-refractivity contribution is 0.156. The molecule has 0 bridgehead atoms. The molecule has 0 aliphatic carbocycles. The van der Waals surface area contributed by atoms with E-state index in [-0.39, 0.29) is 0 Å². The van der Waals surface area contributed by atoms with Crippen molar-refractivity contribution in [2.75, 3.05) is 20.6 Å². The summed E-state index contributed by atoms with van der Waals surface area (Å²) in [6, 6.07) is 8.03. The standard InChI is InChI=1S/C17H21N3O2/c1-11-13(10-18-22-11)17-16(15(21)8-9-20(2)3)12-6-4-5-7-14(12)19-17/h4-7,10,15,19,21H,8-9H2,1-3H3. The maximum absolute atomic E-state index is 10.7. The summed E-state index contributed by atoms with van der Waals surface area (Å²) < 4.78 is 5.19. The van der Waals surface area contributed by atoms with Crippen LogP contribution in [-0.2, 0) is 0 Å². The second-order valence-electron chi connectivity index (χ2n) is 5.86. The normalized spacial score (nSPS) is 13.1. The fourth-order valence-electron chi connectivity index (χ4n) is 2.79. The van der Waals surface area contributed by atoms with Crippen LogP contribution in [0.5, 0.6) is 0 Å². The number of aryl methyl sites for hydroxylation is 1. The number of hydrogen-bond acceptors (Lipinski definition) is 4. The van der Waals surface area contributed by atoms with Crippen LogP contribution >= 0.6 is 0 Å². The molecule has 0 aliphatic heterocycles. The number of benzene rings is 1. The van der Waals surface area contributed by atoms with Gasteiger partial charge in [-0.3, -0.25) is 0 Å². The highest BCUT2D eigenvalue weighted by atomic mass is 16.5. The summed E-state index contributed by atoms with van der Waals surface area (Å²) >= 11 is 0. The smallest absolute Gasteiger partial charge is 0.142 e. The van der Waals surface area contributed by atoms with Crippen molar-refractivity contribution < 1.29 is 9.63 Å². The van der Waals surface area contributed by atoms with Crippen molar-refractivity contribution in [3.63, 3.8) is 0 Å². The quantitative estimate of drug-likeness (QED) is 0.759. The molecule has 116 valence electrons. The number of hydrogen-bond donors (Lipinski definition) is 2. The lowest BCUT2D eigenvalue weighted by Crippen LogP contribution is -2.16. The van der Waals surface area contributed by atoms with E-state index in [0.717, 1.165) is 40.0 Å². The first-order valence-electron chi connectivity index (χ1n) is 7.43. The molecule has 5 heteroatoms. The Kier molecular flexibility index (Phi) is 4.00. The van der Waals surface area contributed by atoms with Gasteiger partial charge in [0.1, 0.15) is 5.76 Å². The number of aromatic amines is 1. The third kappa shape index (κ3) is 2.65. The first-order chi connectivity index (χ1) is 10.6. The van der Waals surface area contributed by atoms with E-state index in [4.69, 9.17) is 4.52 Å². The molecule has 2 aromatic heterocycles. The van der Waals surface area contributed by atoms with E-state index in [0.29, 0.717) is 6.42 Å². The van der Waals surface area contributed by atoms with E-state index in [1.54, 1.807) is 6.20 Å². The molecule has 1 atom stereocenters. The van der Waals surface area contributed by atoms with E-state index in [2.05, 4.69) is 15.0 Å². The molecule has 1 unspecified atom stereocenters. The van der Waals surface area contributed by atoms with Gasteiger partial charge in [-0.1, -0.05) is 23.4 Å². The highest BCUT2D eigenvalue weighted by Gasteiger charge is 2.22. The Morgan fingerprint density at radius 1 is 1.32 bits per heavy atom. The highest BCUT2D eigenvalue weighted by molar-refractivity contribution is 5.91. The summed E-state index contributed by atoms with van der Waals surface area (Å²) in [5.41, 5.74) is 3.72. The van der Waals surface area contributed by atoms with E-state index in [1.165, 1.54) is 0 Å². The highest BCUT2D eigenvalue weighted by Crippen LogP contribution is 2.37. The van der Waals surface area contributed by atoms with Gasteiger partial charge >= 0.3 is 0 Å². The second-order valence-corrected chi connectivity index (χ2v) is 5.86. The number of nitrogens with zero attached hydrogens (tertiary/aromatic N) is 2. The second kappa shape index (κ2) is 5.94. The number of nitrogens with one attached hydrogen (secondary N) is 1. The zero-order chi connectivity index (χ0) is 15.7. The molecule has 2 heterocycles. The average Bonchev–Trinajstić information content (AvgIpc) is 3.07. The monoisotopic (exact) mass is 299 g/mol. The molecule has 3 rings (SSSR count). The summed E-state index contributed by atoms with van der Waals surface area (Å²) in [5, 5.41) is 15.6. The van der Waals surface area contributed by atoms with Crippen molar-refractivity contribution in [3.8, 4) is 11.3 Å². The molecule has 0 radical (unpaired) electrons. The number of aliphatic hydroxyl groups excluding tert-OH is 1. The Hall–Kier alpha value is -2.11. The van der Waals surface area contributed by atoms with Crippen LogP contribution in [0.3, 0.4) is 0 Å². The summed E-state index contributed by atoms with van der Waals surface area (Å²) in [5.74, 6) is 0.743. The fourth-order valence-corrected chi connectivity index (χ4v) is 2.79. The summed E-state index contributed by atoms with van der Waals surface area (Å²) in [4.78, 5) is 5.47. The number of H-pyrrole nitrogens is 1. The Labute approximate surface area is 129 Å². The molecule has 0 saturated heterocycles.